The molecule has 10 heteroatoms. The van der Waals surface area contributed by atoms with Crippen LogP contribution >= 0.6 is 0 Å². The van der Waals surface area contributed by atoms with E-state index in [1.165, 1.54) is 25.4 Å². The molecule has 1 heterocycles. The van der Waals surface area contributed by atoms with Crippen LogP contribution in [0.1, 0.15) is 11.1 Å². The van der Waals surface area contributed by atoms with Gasteiger partial charge in [0.2, 0.25) is 16.0 Å². The Kier molecular flexibility index (Phi) is 5.82. The smallest absolute Gasteiger partial charge is 0.270 e. The van der Waals surface area contributed by atoms with Crippen LogP contribution in [0.3, 0.4) is 0 Å². The zero-order valence-electron chi connectivity index (χ0n) is 15.2. The van der Waals surface area contributed by atoms with Crippen LogP contribution in [0.4, 0.5) is 5.95 Å². The highest BCUT2D eigenvalue weighted by Crippen LogP contribution is 2.19. The van der Waals surface area contributed by atoms with E-state index in [1.807, 2.05) is 12.1 Å². The van der Waals surface area contributed by atoms with Gasteiger partial charge in [0.05, 0.1) is 16.8 Å². The third kappa shape index (κ3) is 4.55. The number of benzene rings is 2. The molecule has 0 spiro atoms. The van der Waals surface area contributed by atoms with E-state index in [4.69, 9.17) is 0 Å². The van der Waals surface area contributed by atoms with E-state index in [0.29, 0.717) is 11.1 Å². The number of hydrogen-bond acceptors (Lipinski definition) is 7. The van der Waals surface area contributed by atoms with Gasteiger partial charge < -0.3 is 0 Å². The maximum absolute atomic E-state index is 12.2. The van der Waals surface area contributed by atoms with Crippen LogP contribution < -0.4 is 15.7 Å². The summed E-state index contributed by atoms with van der Waals surface area (Å²) < 4.78 is 25.7. The highest BCUT2D eigenvalue weighted by Gasteiger charge is 2.13. The molecule has 0 unspecified atom stereocenters. The molecule has 0 aliphatic heterocycles. The molecule has 2 aromatic carbocycles. The van der Waals surface area contributed by atoms with Crippen molar-refractivity contribution in [2.75, 3.05) is 12.5 Å². The molecule has 0 radical (unpaired) electrons. The average molecular weight is 408 g/mol. The molecule has 0 aliphatic rings. The minimum atomic E-state index is -3.51. The minimum absolute atomic E-state index is 0.0680. The van der Waals surface area contributed by atoms with Gasteiger partial charge in [0, 0.05) is 5.56 Å². The first kappa shape index (κ1) is 19.9. The summed E-state index contributed by atoms with van der Waals surface area (Å²) in [5.74, 6) is 0.0680. The largest absolute Gasteiger partial charge is 0.290 e. The molecule has 0 saturated heterocycles. The van der Waals surface area contributed by atoms with Gasteiger partial charge >= 0.3 is 0 Å². The van der Waals surface area contributed by atoms with Crippen LogP contribution in [0, 0.1) is 11.3 Å². The lowest BCUT2D eigenvalue weighted by Crippen LogP contribution is -2.18. The first-order valence-corrected chi connectivity index (χ1v) is 9.85. The summed E-state index contributed by atoms with van der Waals surface area (Å²) in [6.07, 6.45) is 1.44. The predicted molar refractivity (Wildman–Crippen MR) is 109 cm³/mol. The molecular weight excluding hydrogens is 392 g/mol. The predicted octanol–water partition coefficient (Wildman–Crippen LogP) is 1.66. The Balaban J connectivity index is 1.83. The SMILES string of the molecule is CNS(=O)(=O)c1ccc(C=NNc2nc(-c3ccccc3)c(C#N)c(=O)[nH]2)cc1. The maximum atomic E-state index is 12.2. The summed E-state index contributed by atoms with van der Waals surface area (Å²) in [5, 5.41) is 13.3. The number of H-pyrrole nitrogens is 1. The number of hydrogen-bond donors (Lipinski definition) is 3. The number of rotatable bonds is 6. The molecule has 3 rings (SSSR count). The molecule has 0 atom stereocenters. The van der Waals surface area contributed by atoms with Crippen molar-refractivity contribution < 1.29 is 8.42 Å². The number of hydrazone groups is 1. The Morgan fingerprint density at radius 2 is 1.83 bits per heavy atom. The molecule has 9 nitrogen and oxygen atoms in total. The van der Waals surface area contributed by atoms with Gasteiger partial charge in [0.25, 0.3) is 5.56 Å². The van der Waals surface area contributed by atoms with Gasteiger partial charge in [-0.15, -0.1) is 0 Å². The Morgan fingerprint density at radius 1 is 1.14 bits per heavy atom. The number of nitrogens with zero attached hydrogens (tertiary/aromatic N) is 3. The normalized spacial score (nSPS) is 11.3. The van der Waals surface area contributed by atoms with Crippen molar-refractivity contribution in [1.82, 2.24) is 14.7 Å². The van der Waals surface area contributed by atoms with Gasteiger partial charge in [-0.3, -0.25) is 9.78 Å². The summed E-state index contributed by atoms with van der Waals surface area (Å²) in [4.78, 5) is 19.1. The van der Waals surface area contributed by atoms with Gasteiger partial charge in [-0.1, -0.05) is 42.5 Å². The highest BCUT2D eigenvalue weighted by atomic mass is 32.2. The third-order valence-electron chi connectivity index (χ3n) is 3.92. The van der Waals surface area contributed by atoms with E-state index in [1.54, 1.807) is 36.4 Å². The molecule has 0 fully saturated rings. The molecule has 0 aliphatic carbocycles. The minimum Gasteiger partial charge on any atom is -0.290 e. The van der Waals surface area contributed by atoms with E-state index < -0.39 is 15.6 Å². The summed E-state index contributed by atoms with van der Waals surface area (Å²) in [5.41, 5.74) is 3.45. The van der Waals surface area contributed by atoms with Gasteiger partial charge in [-0.2, -0.15) is 10.4 Å². The lowest BCUT2D eigenvalue weighted by Gasteiger charge is -2.06. The van der Waals surface area contributed by atoms with Crippen molar-refractivity contribution in [3.63, 3.8) is 0 Å². The van der Waals surface area contributed by atoms with Crippen molar-refractivity contribution in [3.8, 4) is 17.3 Å². The molecule has 0 bridgehead atoms. The van der Waals surface area contributed by atoms with E-state index in [0.717, 1.165) is 0 Å². The summed E-state index contributed by atoms with van der Waals surface area (Å²) >= 11 is 0. The summed E-state index contributed by atoms with van der Waals surface area (Å²) in [7, 11) is -2.17. The summed E-state index contributed by atoms with van der Waals surface area (Å²) in [6, 6.07) is 16.8. The Morgan fingerprint density at radius 3 is 2.45 bits per heavy atom. The molecule has 0 saturated carbocycles. The van der Waals surface area contributed by atoms with Crippen LogP contribution in [-0.2, 0) is 10.0 Å². The third-order valence-corrected chi connectivity index (χ3v) is 5.35. The molecule has 3 N–H and O–H groups in total. The van der Waals surface area contributed by atoms with Gasteiger partial charge in [-0.25, -0.2) is 23.5 Å². The number of aromatic amines is 1. The van der Waals surface area contributed by atoms with Crippen LogP contribution in [-0.4, -0.2) is 31.6 Å². The number of anilines is 1. The molecule has 0 amide bonds. The molecule has 146 valence electrons. The van der Waals surface area contributed by atoms with Crippen molar-refractivity contribution in [3.05, 3.63) is 76.1 Å². The van der Waals surface area contributed by atoms with E-state index in [-0.39, 0.29) is 22.1 Å². The van der Waals surface area contributed by atoms with Crippen molar-refractivity contribution >= 4 is 22.2 Å². The first-order chi connectivity index (χ1) is 13.9. The molecule has 29 heavy (non-hydrogen) atoms. The molecular formula is C19H16N6O3S. The van der Waals surface area contributed by atoms with Crippen LogP contribution in [0.5, 0.6) is 0 Å². The number of aromatic nitrogens is 2. The quantitative estimate of drug-likeness (QED) is 0.419. The number of nitrogens with one attached hydrogen (secondary N) is 3. The van der Waals surface area contributed by atoms with Crippen LogP contribution in [0.2, 0.25) is 0 Å². The van der Waals surface area contributed by atoms with Crippen molar-refractivity contribution in [2.24, 2.45) is 5.10 Å². The Labute approximate surface area is 166 Å². The maximum Gasteiger partial charge on any atom is 0.270 e. The van der Waals surface area contributed by atoms with Gasteiger partial charge in [0.15, 0.2) is 0 Å². The second-order valence-electron chi connectivity index (χ2n) is 5.76. The lowest BCUT2D eigenvalue weighted by atomic mass is 10.1. The second-order valence-corrected chi connectivity index (χ2v) is 7.65. The van der Waals surface area contributed by atoms with Gasteiger partial charge in [-0.05, 0) is 24.7 Å². The number of sulfonamides is 1. The highest BCUT2D eigenvalue weighted by molar-refractivity contribution is 7.89. The van der Waals surface area contributed by atoms with Crippen LogP contribution in [0.15, 0.2) is 69.4 Å². The van der Waals surface area contributed by atoms with E-state index in [2.05, 4.69) is 25.2 Å². The monoisotopic (exact) mass is 408 g/mol. The Bertz CT molecular complexity index is 1240. The molecule has 1 aromatic heterocycles. The first-order valence-electron chi connectivity index (χ1n) is 8.37. The number of nitriles is 1. The van der Waals surface area contributed by atoms with Crippen molar-refractivity contribution in [2.45, 2.75) is 4.90 Å². The standard InChI is InChI=1S/C19H16N6O3S/c1-21-29(27,28)15-9-7-13(8-10-15)12-22-25-19-23-17(14-5-3-2-4-6-14)16(11-20)18(26)24-19/h2-10,12,21H,1H3,(H2,23,24,25,26). The average Bonchev–Trinajstić information content (AvgIpc) is 2.74. The second kappa shape index (κ2) is 8.47. The van der Waals surface area contributed by atoms with Crippen LogP contribution in [0.25, 0.3) is 11.3 Å². The van der Waals surface area contributed by atoms with Gasteiger partial charge in [0.1, 0.15) is 11.6 Å². The fourth-order valence-electron chi connectivity index (χ4n) is 2.45. The fourth-order valence-corrected chi connectivity index (χ4v) is 3.18. The van der Waals surface area contributed by atoms with E-state index >= 15 is 0 Å². The Hall–Kier alpha value is -3.81. The van der Waals surface area contributed by atoms with E-state index in [9.17, 15) is 18.5 Å². The van der Waals surface area contributed by atoms with Crippen molar-refractivity contribution in [1.29, 1.82) is 5.26 Å². The fraction of sp³-hybridized carbons (Fsp3) is 0.0526. The molecule has 3 aromatic rings. The topological polar surface area (TPSA) is 140 Å². The zero-order valence-corrected chi connectivity index (χ0v) is 16.1. The summed E-state index contributed by atoms with van der Waals surface area (Å²) in [6.45, 7) is 0. The lowest BCUT2D eigenvalue weighted by molar-refractivity contribution is 0.588. The zero-order chi connectivity index (χ0) is 20.9.